The number of benzene rings is 2. The Morgan fingerprint density at radius 2 is 2.00 bits per heavy atom. The maximum atomic E-state index is 11.9. The normalized spacial score (nSPS) is 20.5. The number of nitro groups is 1. The molecule has 0 aromatic heterocycles. The van der Waals surface area contributed by atoms with Gasteiger partial charge in [-0.1, -0.05) is 25.1 Å². The number of amides is 1. The monoisotopic (exact) mass is 380 g/mol. The van der Waals surface area contributed by atoms with Crippen molar-refractivity contribution in [1.82, 2.24) is 5.32 Å². The van der Waals surface area contributed by atoms with Crippen LogP contribution in [-0.2, 0) is 4.79 Å². The van der Waals surface area contributed by atoms with Gasteiger partial charge in [0.05, 0.1) is 22.3 Å². The Balaban J connectivity index is 1.80. The number of nitro benzene ring substituents is 1. The maximum absolute atomic E-state index is 11.9. The average Bonchev–Trinajstić information content (AvgIpc) is 2.81. The van der Waals surface area contributed by atoms with Crippen molar-refractivity contribution in [2.24, 2.45) is 0 Å². The molecule has 1 saturated heterocycles. The van der Waals surface area contributed by atoms with Crippen LogP contribution < -0.4 is 15.1 Å². The summed E-state index contributed by atoms with van der Waals surface area (Å²) >= 11 is 0. The lowest BCUT2D eigenvalue weighted by molar-refractivity contribution is -0.384. The smallest absolute Gasteiger partial charge is 0.271 e. The topological polar surface area (TPSA) is 78.7 Å². The highest BCUT2D eigenvalue weighted by Gasteiger charge is 2.36. The van der Waals surface area contributed by atoms with Crippen molar-refractivity contribution >= 4 is 28.7 Å². The van der Waals surface area contributed by atoms with E-state index in [1.165, 1.54) is 5.56 Å². The van der Waals surface area contributed by atoms with Crippen LogP contribution in [0.1, 0.15) is 37.8 Å². The fourth-order valence-corrected chi connectivity index (χ4v) is 4.35. The van der Waals surface area contributed by atoms with Crippen LogP contribution in [0.15, 0.2) is 42.5 Å². The molecule has 28 heavy (non-hydrogen) atoms. The molecule has 2 aliphatic heterocycles. The van der Waals surface area contributed by atoms with Crippen LogP contribution in [0, 0.1) is 10.1 Å². The summed E-state index contributed by atoms with van der Waals surface area (Å²) in [6, 6.07) is 13.5. The van der Waals surface area contributed by atoms with E-state index in [0.717, 1.165) is 36.4 Å². The molecular weight excluding hydrogens is 356 g/mol. The lowest BCUT2D eigenvalue weighted by atomic mass is 9.90. The van der Waals surface area contributed by atoms with E-state index in [4.69, 9.17) is 0 Å². The average molecular weight is 380 g/mol. The molecule has 2 heterocycles. The third-order valence-corrected chi connectivity index (χ3v) is 5.79. The number of carbonyl (C=O) groups is 1. The molecule has 0 spiro atoms. The van der Waals surface area contributed by atoms with E-state index < -0.39 is 0 Å². The van der Waals surface area contributed by atoms with Crippen LogP contribution >= 0.6 is 0 Å². The molecule has 0 saturated carbocycles. The van der Waals surface area contributed by atoms with Gasteiger partial charge in [-0.15, -0.1) is 0 Å². The van der Waals surface area contributed by atoms with Crippen molar-refractivity contribution in [3.63, 3.8) is 0 Å². The van der Waals surface area contributed by atoms with E-state index in [0.29, 0.717) is 6.42 Å². The Kier molecular flexibility index (Phi) is 4.66. The van der Waals surface area contributed by atoms with Crippen LogP contribution in [0.5, 0.6) is 0 Å². The zero-order valence-electron chi connectivity index (χ0n) is 16.1. The van der Waals surface area contributed by atoms with Gasteiger partial charge in [-0.2, -0.15) is 0 Å². The molecule has 0 bridgehead atoms. The molecule has 1 amide bonds. The first-order valence-electron chi connectivity index (χ1n) is 9.66. The van der Waals surface area contributed by atoms with Gasteiger partial charge in [0, 0.05) is 43.9 Å². The lowest BCUT2D eigenvalue weighted by Crippen LogP contribution is -2.46. The molecular formula is C21H24N4O3. The van der Waals surface area contributed by atoms with Crippen LogP contribution in [0.25, 0.3) is 0 Å². The van der Waals surface area contributed by atoms with Gasteiger partial charge in [0.1, 0.15) is 0 Å². The Labute approximate surface area is 164 Å². The van der Waals surface area contributed by atoms with Gasteiger partial charge in [-0.25, -0.2) is 0 Å². The van der Waals surface area contributed by atoms with Crippen molar-refractivity contribution in [3.05, 3.63) is 58.1 Å². The molecule has 7 nitrogen and oxygen atoms in total. The molecule has 2 atom stereocenters. The minimum Gasteiger partial charge on any atom is -0.363 e. The van der Waals surface area contributed by atoms with Gasteiger partial charge in [-0.3, -0.25) is 14.9 Å². The highest BCUT2D eigenvalue weighted by molar-refractivity contribution is 5.83. The molecule has 1 fully saturated rings. The molecule has 4 rings (SSSR count). The summed E-state index contributed by atoms with van der Waals surface area (Å²) in [5.74, 6) is 0.0773. The largest absolute Gasteiger partial charge is 0.363 e. The summed E-state index contributed by atoms with van der Waals surface area (Å²) in [7, 11) is 1.95. The van der Waals surface area contributed by atoms with Gasteiger partial charge >= 0.3 is 0 Å². The van der Waals surface area contributed by atoms with E-state index in [-0.39, 0.29) is 28.6 Å². The Morgan fingerprint density at radius 3 is 2.75 bits per heavy atom. The van der Waals surface area contributed by atoms with Gasteiger partial charge in [-0.05, 0) is 30.5 Å². The van der Waals surface area contributed by atoms with E-state index in [1.54, 1.807) is 12.1 Å². The minimum atomic E-state index is -0.352. The number of hydrogen-bond donors (Lipinski definition) is 1. The van der Waals surface area contributed by atoms with E-state index in [1.807, 2.05) is 37.1 Å². The first-order valence-corrected chi connectivity index (χ1v) is 9.66. The maximum Gasteiger partial charge on any atom is 0.271 e. The zero-order chi connectivity index (χ0) is 19.8. The lowest BCUT2D eigenvalue weighted by Gasteiger charge is -2.41. The molecule has 7 heteroatoms. The summed E-state index contributed by atoms with van der Waals surface area (Å²) in [6.45, 7) is 2.65. The third kappa shape index (κ3) is 3.06. The van der Waals surface area contributed by atoms with Crippen LogP contribution in [-0.4, -0.2) is 30.5 Å². The summed E-state index contributed by atoms with van der Waals surface area (Å²) in [5, 5.41) is 14.5. The second kappa shape index (κ2) is 7.14. The zero-order valence-corrected chi connectivity index (χ0v) is 16.1. The predicted molar refractivity (Wildman–Crippen MR) is 109 cm³/mol. The molecule has 0 radical (unpaired) electrons. The molecule has 146 valence electrons. The Bertz CT molecular complexity index is 930. The second-order valence-electron chi connectivity index (χ2n) is 7.40. The quantitative estimate of drug-likeness (QED) is 0.645. The van der Waals surface area contributed by atoms with Gasteiger partial charge < -0.3 is 15.1 Å². The first kappa shape index (κ1) is 18.3. The van der Waals surface area contributed by atoms with Crippen LogP contribution in [0.2, 0.25) is 0 Å². The van der Waals surface area contributed by atoms with Gasteiger partial charge in [0.2, 0.25) is 5.91 Å². The summed E-state index contributed by atoms with van der Waals surface area (Å²) in [4.78, 5) is 27.2. The number of nitrogens with one attached hydrogen (secondary N) is 1. The van der Waals surface area contributed by atoms with Crippen molar-refractivity contribution in [2.75, 3.05) is 23.4 Å². The number of rotatable bonds is 3. The second-order valence-corrected chi connectivity index (χ2v) is 7.40. The van der Waals surface area contributed by atoms with Gasteiger partial charge in [0.15, 0.2) is 0 Å². The summed E-state index contributed by atoms with van der Waals surface area (Å²) in [6.07, 6.45) is 2.15. The number of hydrogen-bond acceptors (Lipinski definition) is 5. The predicted octanol–water partition coefficient (Wildman–Crippen LogP) is 3.91. The molecule has 2 aromatic rings. The summed E-state index contributed by atoms with van der Waals surface area (Å²) in [5.41, 5.74) is 4.14. The number of para-hydroxylation sites is 1. The number of non-ortho nitro benzene ring substituents is 1. The van der Waals surface area contributed by atoms with Gasteiger partial charge in [0.25, 0.3) is 5.69 Å². The van der Waals surface area contributed by atoms with Crippen molar-refractivity contribution in [1.29, 1.82) is 0 Å². The van der Waals surface area contributed by atoms with Crippen LogP contribution in [0.4, 0.5) is 22.7 Å². The van der Waals surface area contributed by atoms with Crippen molar-refractivity contribution < 1.29 is 9.72 Å². The van der Waals surface area contributed by atoms with E-state index >= 15 is 0 Å². The fraction of sp³-hybridized carbons (Fsp3) is 0.381. The fourth-order valence-electron chi connectivity index (χ4n) is 4.35. The highest BCUT2D eigenvalue weighted by atomic mass is 16.6. The standard InChI is InChI=1S/C21H24N4O3/c1-3-21(26)22-14-10-11-24-18-9-8-15(25(27)28)13-20(18)23(2)17-7-5-4-6-16(17)19(24)12-14/h4-9,13-14,19H,3,10-12H2,1-2H3,(H,22,26). The number of fused-ring (bicyclic) bond motifs is 5. The SMILES string of the molecule is CCC(=O)NC1CCN2c3ccc([N+](=O)[O-])cc3N(C)c3ccccc3C2C1. The molecule has 0 aliphatic carbocycles. The van der Waals surface area contributed by atoms with Crippen molar-refractivity contribution in [2.45, 2.75) is 38.3 Å². The molecule has 2 aliphatic rings. The Hall–Kier alpha value is -3.09. The molecule has 1 N–H and O–H groups in total. The Morgan fingerprint density at radius 1 is 1.21 bits per heavy atom. The third-order valence-electron chi connectivity index (χ3n) is 5.79. The number of piperidine rings is 1. The van der Waals surface area contributed by atoms with Crippen LogP contribution in [0.3, 0.4) is 0 Å². The number of anilines is 3. The summed E-state index contributed by atoms with van der Waals surface area (Å²) < 4.78 is 0. The highest BCUT2D eigenvalue weighted by Crippen LogP contribution is 2.48. The number of carbonyl (C=O) groups excluding carboxylic acids is 1. The first-order chi connectivity index (χ1) is 13.5. The van der Waals surface area contributed by atoms with E-state index in [2.05, 4.69) is 22.3 Å². The number of nitrogens with zero attached hydrogens (tertiary/aromatic N) is 3. The minimum absolute atomic E-state index is 0.0773. The molecule has 2 unspecified atom stereocenters. The molecule has 2 aromatic carbocycles. The van der Waals surface area contributed by atoms with Crippen molar-refractivity contribution in [3.8, 4) is 0 Å². The van der Waals surface area contributed by atoms with E-state index in [9.17, 15) is 14.9 Å².